The quantitative estimate of drug-likeness (QED) is 0.727. The minimum atomic E-state index is -0.174. The minimum Gasteiger partial charge on any atom is -0.466 e. The Bertz CT molecular complexity index is 798. The zero-order chi connectivity index (χ0) is 17.1. The van der Waals surface area contributed by atoms with E-state index in [-0.39, 0.29) is 11.9 Å². The Morgan fingerprint density at radius 3 is 2.96 bits per heavy atom. The Hall–Kier alpha value is -2.13. The summed E-state index contributed by atoms with van der Waals surface area (Å²) in [7, 11) is 0. The number of nitrogens with zero attached hydrogens (tertiary/aromatic N) is 1. The van der Waals surface area contributed by atoms with Crippen LogP contribution in [-0.4, -0.2) is 17.6 Å². The number of benzene rings is 1. The third kappa shape index (κ3) is 3.36. The molecule has 24 heavy (non-hydrogen) atoms. The monoisotopic (exact) mass is 341 g/mol. The molecule has 0 bridgehead atoms. The highest BCUT2D eigenvalue weighted by Gasteiger charge is 2.22. The number of aromatic nitrogens is 1. The van der Waals surface area contributed by atoms with Gasteiger partial charge in [-0.25, -0.2) is 0 Å². The van der Waals surface area contributed by atoms with Gasteiger partial charge in [0.2, 0.25) is 0 Å². The highest BCUT2D eigenvalue weighted by molar-refractivity contribution is 6.30. The van der Waals surface area contributed by atoms with Crippen LogP contribution in [0.4, 0.5) is 0 Å². The first-order chi connectivity index (χ1) is 11.6. The van der Waals surface area contributed by atoms with Crippen LogP contribution in [0.15, 0.2) is 36.5 Å². The van der Waals surface area contributed by atoms with Gasteiger partial charge in [0.05, 0.1) is 12.3 Å². The summed E-state index contributed by atoms with van der Waals surface area (Å²) >= 11 is 6.19. The molecule has 0 fully saturated rings. The number of rotatable bonds is 4. The number of esters is 1. The standard InChI is InChI=1S/C20H20ClNO2/c1-3-24-19(23)9-6-14-11-15-12-16(21)7-8-17(15)13(2)20-18(14)5-4-10-22-20/h4-5,7-8,10-13H,3,6,9H2,1-2H3. The number of halogens is 1. The molecule has 1 aliphatic carbocycles. The van der Waals surface area contributed by atoms with E-state index in [4.69, 9.17) is 16.3 Å². The zero-order valence-corrected chi connectivity index (χ0v) is 14.6. The maximum absolute atomic E-state index is 11.8. The zero-order valence-electron chi connectivity index (χ0n) is 13.9. The van der Waals surface area contributed by atoms with Gasteiger partial charge in [0.25, 0.3) is 0 Å². The lowest BCUT2D eigenvalue weighted by atomic mass is 9.92. The number of carbonyl (C=O) groups is 1. The number of pyridine rings is 1. The number of fused-ring (bicyclic) bond motifs is 2. The normalized spacial score (nSPS) is 15.8. The van der Waals surface area contributed by atoms with Gasteiger partial charge in [-0.15, -0.1) is 0 Å². The van der Waals surface area contributed by atoms with Crippen molar-refractivity contribution in [2.45, 2.75) is 32.6 Å². The SMILES string of the molecule is CCOC(=O)CCC1=Cc2cc(Cl)ccc2C(C)c2ncccc21. The molecule has 0 saturated carbocycles. The number of allylic oxidation sites excluding steroid dienone is 1. The van der Waals surface area contributed by atoms with Gasteiger partial charge in [0.15, 0.2) is 0 Å². The summed E-state index contributed by atoms with van der Waals surface area (Å²) in [6.07, 6.45) is 4.93. The molecule has 4 heteroatoms. The molecule has 3 nitrogen and oxygen atoms in total. The second-order valence-electron chi connectivity index (χ2n) is 5.91. The summed E-state index contributed by atoms with van der Waals surface area (Å²) in [4.78, 5) is 16.4. The number of hydrogen-bond acceptors (Lipinski definition) is 3. The van der Waals surface area contributed by atoms with Crippen LogP contribution in [0.1, 0.15) is 55.0 Å². The molecule has 3 rings (SSSR count). The van der Waals surface area contributed by atoms with E-state index in [9.17, 15) is 4.79 Å². The smallest absolute Gasteiger partial charge is 0.306 e. The van der Waals surface area contributed by atoms with Gasteiger partial charge in [0.1, 0.15) is 0 Å². The Labute approximate surface area is 147 Å². The maximum Gasteiger partial charge on any atom is 0.306 e. The van der Waals surface area contributed by atoms with E-state index in [1.54, 1.807) is 0 Å². The van der Waals surface area contributed by atoms with Crippen molar-refractivity contribution in [2.75, 3.05) is 6.61 Å². The fourth-order valence-corrected chi connectivity index (χ4v) is 3.37. The average Bonchev–Trinajstić information content (AvgIpc) is 2.69. The van der Waals surface area contributed by atoms with E-state index in [0.29, 0.717) is 24.5 Å². The van der Waals surface area contributed by atoms with E-state index in [2.05, 4.69) is 30.1 Å². The van der Waals surface area contributed by atoms with E-state index in [1.807, 2.05) is 31.3 Å². The molecule has 0 N–H and O–H groups in total. The lowest BCUT2D eigenvalue weighted by Crippen LogP contribution is -2.05. The van der Waals surface area contributed by atoms with E-state index in [0.717, 1.165) is 22.4 Å². The first-order valence-electron chi connectivity index (χ1n) is 8.21. The molecule has 1 heterocycles. The van der Waals surface area contributed by atoms with Gasteiger partial charge in [-0.2, -0.15) is 0 Å². The first-order valence-corrected chi connectivity index (χ1v) is 8.59. The van der Waals surface area contributed by atoms with Crippen molar-refractivity contribution in [1.82, 2.24) is 4.98 Å². The Balaban J connectivity index is 2.04. The lowest BCUT2D eigenvalue weighted by Gasteiger charge is -2.15. The van der Waals surface area contributed by atoms with Gasteiger partial charge in [-0.3, -0.25) is 9.78 Å². The molecule has 1 aromatic carbocycles. The lowest BCUT2D eigenvalue weighted by molar-refractivity contribution is -0.142. The van der Waals surface area contributed by atoms with Crippen LogP contribution in [0.2, 0.25) is 5.02 Å². The Kier molecular flexibility index (Phi) is 5.00. The molecule has 0 spiro atoms. The molecule has 0 saturated heterocycles. The van der Waals surface area contributed by atoms with Crippen molar-refractivity contribution in [3.8, 4) is 0 Å². The molecule has 0 amide bonds. The van der Waals surface area contributed by atoms with Gasteiger partial charge >= 0.3 is 5.97 Å². The largest absolute Gasteiger partial charge is 0.466 e. The van der Waals surface area contributed by atoms with Crippen molar-refractivity contribution in [1.29, 1.82) is 0 Å². The minimum absolute atomic E-state index is 0.171. The summed E-state index contributed by atoms with van der Waals surface area (Å²) in [6.45, 7) is 4.38. The Morgan fingerprint density at radius 2 is 2.17 bits per heavy atom. The summed E-state index contributed by atoms with van der Waals surface area (Å²) in [5.41, 5.74) is 5.52. The molecule has 2 aromatic rings. The number of ether oxygens (including phenoxy) is 1. The van der Waals surface area contributed by atoms with Crippen molar-refractivity contribution in [3.63, 3.8) is 0 Å². The second-order valence-corrected chi connectivity index (χ2v) is 6.34. The van der Waals surface area contributed by atoms with Crippen LogP contribution in [0, 0.1) is 0 Å². The molecule has 0 radical (unpaired) electrons. The fraction of sp³-hybridized carbons (Fsp3) is 0.300. The molecule has 124 valence electrons. The summed E-state index contributed by atoms with van der Waals surface area (Å²) in [5.74, 6) is -0.00253. The highest BCUT2D eigenvalue weighted by Crippen LogP contribution is 2.38. The van der Waals surface area contributed by atoms with Crippen LogP contribution >= 0.6 is 11.6 Å². The molecule has 1 atom stereocenters. The van der Waals surface area contributed by atoms with Crippen molar-refractivity contribution >= 4 is 29.2 Å². The van der Waals surface area contributed by atoms with Crippen molar-refractivity contribution < 1.29 is 9.53 Å². The van der Waals surface area contributed by atoms with E-state index >= 15 is 0 Å². The van der Waals surface area contributed by atoms with Crippen molar-refractivity contribution in [3.05, 3.63) is 63.9 Å². The highest BCUT2D eigenvalue weighted by atomic mass is 35.5. The van der Waals surface area contributed by atoms with Gasteiger partial charge in [-0.1, -0.05) is 36.7 Å². The maximum atomic E-state index is 11.8. The van der Waals surface area contributed by atoms with Gasteiger partial charge < -0.3 is 4.74 Å². The summed E-state index contributed by atoms with van der Waals surface area (Å²) in [5, 5.41) is 0.709. The predicted octanol–water partition coefficient (Wildman–Crippen LogP) is 5.08. The van der Waals surface area contributed by atoms with E-state index < -0.39 is 0 Å². The Morgan fingerprint density at radius 1 is 1.33 bits per heavy atom. The van der Waals surface area contributed by atoms with Gasteiger partial charge in [0, 0.05) is 23.6 Å². The fourth-order valence-electron chi connectivity index (χ4n) is 3.19. The van der Waals surface area contributed by atoms with Crippen molar-refractivity contribution in [2.24, 2.45) is 0 Å². The molecular weight excluding hydrogens is 322 g/mol. The first kappa shape index (κ1) is 16.7. The summed E-state index contributed by atoms with van der Waals surface area (Å²) < 4.78 is 5.06. The van der Waals surface area contributed by atoms with Crippen LogP contribution in [0.25, 0.3) is 11.6 Å². The second kappa shape index (κ2) is 7.18. The number of carbonyl (C=O) groups excluding carboxylic acids is 1. The molecular formula is C20H20ClNO2. The van der Waals surface area contributed by atoms with Gasteiger partial charge in [-0.05, 0) is 53.8 Å². The predicted molar refractivity (Wildman–Crippen MR) is 96.9 cm³/mol. The molecule has 0 aliphatic heterocycles. The van der Waals surface area contributed by atoms with Crippen LogP contribution in [-0.2, 0) is 9.53 Å². The number of hydrogen-bond donors (Lipinski definition) is 0. The van der Waals surface area contributed by atoms with Crippen LogP contribution < -0.4 is 0 Å². The third-order valence-electron chi connectivity index (χ3n) is 4.34. The molecule has 1 unspecified atom stereocenters. The van der Waals surface area contributed by atoms with E-state index in [1.165, 1.54) is 5.56 Å². The average molecular weight is 342 g/mol. The summed E-state index contributed by atoms with van der Waals surface area (Å²) in [6, 6.07) is 9.96. The molecule has 1 aromatic heterocycles. The van der Waals surface area contributed by atoms with Crippen LogP contribution in [0.3, 0.4) is 0 Å². The topological polar surface area (TPSA) is 39.2 Å². The molecule has 1 aliphatic rings. The third-order valence-corrected chi connectivity index (χ3v) is 4.58. The van der Waals surface area contributed by atoms with Crippen LogP contribution in [0.5, 0.6) is 0 Å².